The van der Waals surface area contributed by atoms with Crippen LogP contribution in [0.1, 0.15) is 37.3 Å². The van der Waals surface area contributed by atoms with Crippen LogP contribution in [0, 0.1) is 19.8 Å². The van der Waals surface area contributed by atoms with Crippen LogP contribution in [0.2, 0.25) is 0 Å². The molecule has 1 saturated carbocycles. The molecule has 4 nitrogen and oxygen atoms in total. The Morgan fingerprint density at radius 2 is 1.84 bits per heavy atom. The fourth-order valence-corrected chi connectivity index (χ4v) is 4.34. The van der Waals surface area contributed by atoms with Gasteiger partial charge in [-0.2, -0.15) is 0 Å². The molecule has 1 fully saturated rings. The molecule has 0 spiro atoms. The van der Waals surface area contributed by atoms with E-state index in [2.05, 4.69) is 4.72 Å². The van der Waals surface area contributed by atoms with E-state index in [0.29, 0.717) is 27.6 Å². The summed E-state index contributed by atoms with van der Waals surface area (Å²) in [7, 11) is -3.46. The molecule has 5 heteroatoms. The van der Waals surface area contributed by atoms with Crippen molar-refractivity contribution in [1.82, 2.24) is 4.72 Å². The van der Waals surface area contributed by atoms with Crippen molar-refractivity contribution in [1.29, 1.82) is 0 Å². The summed E-state index contributed by atoms with van der Waals surface area (Å²) in [6, 6.07) is 3.38. The molecule has 2 rings (SSSR count). The number of aryl methyl sites for hydroxylation is 2. The normalized spacial score (nSPS) is 17.4. The second-order valence-electron chi connectivity index (χ2n) is 5.69. The number of anilines is 1. The number of nitrogens with one attached hydrogen (secondary N) is 1. The topological polar surface area (TPSA) is 72.2 Å². The summed E-state index contributed by atoms with van der Waals surface area (Å²) in [5.74, 6) is 0.700. The van der Waals surface area contributed by atoms with Crippen molar-refractivity contribution >= 4 is 15.7 Å². The van der Waals surface area contributed by atoms with Crippen LogP contribution in [0.15, 0.2) is 17.0 Å². The summed E-state index contributed by atoms with van der Waals surface area (Å²) in [4.78, 5) is 0.365. The Balaban J connectivity index is 2.23. The maximum Gasteiger partial charge on any atom is 0.241 e. The first-order chi connectivity index (χ1) is 8.79. The zero-order valence-corrected chi connectivity index (χ0v) is 12.5. The molecular weight excluding hydrogens is 260 g/mol. The SMILES string of the molecule is Cc1cc(N)cc(C)c1S(=O)(=O)NC(C)CC1CC1. The summed E-state index contributed by atoms with van der Waals surface area (Å²) in [5, 5.41) is 0. The average Bonchev–Trinajstić information content (AvgIpc) is 2.97. The van der Waals surface area contributed by atoms with E-state index in [4.69, 9.17) is 5.73 Å². The summed E-state index contributed by atoms with van der Waals surface area (Å²) in [6.45, 7) is 5.49. The van der Waals surface area contributed by atoms with Crippen molar-refractivity contribution in [3.8, 4) is 0 Å². The molecule has 19 heavy (non-hydrogen) atoms. The maximum atomic E-state index is 12.4. The second-order valence-corrected chi connectivity index (χ2v) is 7.34. The highest BCUT2D eigenvalue weighted by Gasteiger charge is 2.27. The molecular formula is C14H22N2O2S. The summed E-state index contributed by atoms with van der Waals surface area (Å²) in [6.07, 6.45) is 3.38. The monoisotopic (exact) mass is 282 g/mol. The van der Waals surface area contributed by atoms with Crippen LogP contribution in [0.3, 0.4) is 0 Å². The van der Waals surface area contributed by atoms with Crippen LogP contribution in [0.5, 0.6) is 0 Å². The number of rotatable bonds is 5. The lowest BCUT2D eigenvalue weighted by atomic mass is 10.1. The van der Waals surface area contributed by atoms with E-state index in [1.165, 1.54) is 12.8 Å². The summed E-state index contributed by atoms with van der Waals surface area (Å²) >= 11 is 0. The van der Waals surface area contributed by atoms with Crippen LogP contribution < -0.4 is 10.5 Å². The molecule has 1 atom stereocenters. The number of hydrogen-bond acceptors (Lipinski definition) is 3. The molecule has 0 heterocycles. The van der Waals surface area contributed by atoms with Gasteiger partial charge in [-0.15, -0.1) is 0 Å². The number of hydrogen-bond donors (Lipinski definition) is 2. The zero-order chi connectivity index (χ0) is 14.2. The predicted molar refractivity (Wildman–Crippen MR) is 77.5 cm³/mol. The lowest BCUT2D eigenvalue weighted by molar-refractivity contribution is 0.529. The first-order valence-corrected chi connectivity index (χ1v) is 8.17. The van der Waals surface area contributed by atoms with Gasteiger partial charge in [0.2, 0.25) is 10.0 Å². The quantitative estimate of drug-likeness (QED) is 0.814. The van der Waals surface area contributed by atoms with E-state index in [0.717, 1.165) is 6.42 Å². The maximum absolute atomic E-state index is 12.4. The number of nitrogen functional groups attached to an aromatic ring is 1. The minimum Gasteiger partial charge on any atom is -0.399 e. The van der Waals surface area contributed by atoms with Crippen molar-refractivity contribution in [3.05, 3.63) is 23.3 Å². The van der Waals surface area contributed by atoms with Crippen molar-refractivity contribution in [2.45, 2.75) is 51.0 Å². The number of benzene rings is 1. The predicted octanol–water partition coefficient (Wildman–Crippen LogP) is 2.35. The zero-order valence-electron chi connectivity index (χ0n) is 11.7. The first kappa shape index (κ1) is 14.3. The third-order valence-electron chi connectivity index (χ3n) is 3.49. The minimum atomic E-state index is -3.46. The molecule has 0 aliphatic heterocycles. The molecule has 1 aliphatic carbocycles. The fraction of sp³-hybridized carbons (Fsp3) is 0.571. The van der Waals surface area contributed by atoms with Crippen LogP contribution in [0.4, 0.5) is 5.69 Å². The average molecular weight is 282 g/mol. The van der Waals surface area contributed by atoms with Crippen LogP contribution in [-0.2, 0) is 10.0 Å². The highest BCUT2D eigenvalue weighted by atomic mass is 32.2. The van der Waals surface area contributed by atoms with Crippen molar-refractivity contribution in [3.63, 3.8) is 0 Å². The lowest BCUT2D eigenvalue weighted by Gasteiger charge is -2.17. The molecule has 0 bridgehead atoms. The van der Waals surface area contributed by atoms with Crippen molar-refractivity contribution in [2.24, 2.45) is 5.92 Å². The van der Waals surface area contributed by atoms with Gasteiger partial charge in [0.05, 0.1) is 4.90 Å². The van der Waals surface area contributed by atoms with Gasteiger partial charge in [-0.3, -0.25) is 0 Å². The van der Waals surface area contributed by atoms with E-state index in [1.54, 1.807) is 26.0 Å². The Bertz CT molecular complexity index is 554. The lowest BCUT2D eigenvalue weighted by Crippen LogP contribution is -2.33. The van der Waals surface area contributed by atoms with E-state index in [-0.39, 0.29) is 6.04 Å². The smallest absolute Gasteiger partial charge is 0.241 e. The molecule has 1 aromatic carbocycles. The molecule has 1 unspecified atom stereocenters. The van der Waals surface area contributed by atoms with Crippen LogP contribution >= 0.6 is 0 Å². The van der Waals surface area contributed by atoms with Crippen LogP contribution in [-0.4, -0.2) is 14.5 Å². The van der Waals surface area contributed by atoms with E-state index in [9.17, 15) is 8.42 Å². The third kappa shape index (κ3) is 3.48. The van der Waals surface area contributed by atoms with Gasteiger partial charge < -0.3 is 5.73 Å². The molecule has 0 amide bonds. The minimum absolute atomic E-state index is 0.0196. The van der Waals surface area contributed by atoms with E-state index < -0.39 is 10.0 Å². The standard InChI is InChI=1S/C14H22N2O2S/c1-9-6-13(15)7-10(2)14(9)19(17,18)16-11(3)8-12-4-5-12/h6-7,11-12,16H,4-5,8,15H2,1-3H3. The molecule has 0 saturated heterocycles. The Labute approximate surface area is 115 Å². The van der Waals surface area contributed by atoms with Gasteiger partial charge in [0, 0.05) is 11.7 Å². The van der Waals surface area contributed by atoms with Crippen LogP contribution in [0.25, 0.3) is 0 Å². The fourth-order valence-electron chi connectivity index (χ4n) is 2.63. The van der Waals surface area contributed by atoms with Gasteiger partial charge in [0.25, 0.3) is 0 Å². The molecule has 0 aromatic heterocycles. The highest BCUT2D eigenvalue weighted by Crippen LogP contribution is 2.34. The van der Waals surface area contributed by atoms with Gasteiger partial charge >= 0.3 is 0 Å². The summed E-state index contributed by atoms with van der Waals surface area (Å²) in [5.41, 5.74) is 7.72. The third-order valence-corrected chi connectivity index (χ3v) is 5.39. The highest BCUT2D eigenvalue weighted by molar-refractivity contribution is 7.89. The molecule has 1 aliphatic rings. The summed E-state index contributed by atoms with van der Waals surface area (Å²) < 4.78 is 27.7. The number of sulfonamides is 1. The Hall–Kier alpha value is -1.07. The van der Waals surface area contributed by atoms with Crippen molar-refractivity contribution in [2.75, 3.05) is 5.73 Å². The molecule has 3 N–H and O–H groups in total. The van der Waals surface area contributed by atoms with Gasteiger partial charge in [0.15, 0.2) is 0 Å². The van der Waals surface area contributed by atoms with Crippen molar-refractivity contribution < 1.29 is 8.42 Å². The van der Waals surface area contributed by atoms with E-state index >= 15 is 0 Å². The van der Waals surface area contributed by atoms with Gasteiger partial charge in [-0.05, 0) is 56.4 Å². The van der Waals surface area contributed by atoms with E-state index in [1.807, 2.05) is 6.92 Å². The Kier molecular flexibility index (Phi) is 3.87. The Morgan fingerprint density at radius 1 is 1.32 bits per heavy atom. The Morgan fingerprint density at radius 3 is 2.32 bits per heavy atom. The number of nitrogens with two attached hydrogens (primary N) is 1. The van der Waals surface area contributed by atoms with Gasteiger partial charge in [-0.25, -0.2) is 13.1 Å². The molecule has 106 valence electrons. The largest absolute Gasteiger partial charge is 0.399 e. The van der Waals surface area contributed by atoms with Gasteiger partial charge in [0.1, 0.15) is 0 Å². The second kappa shape index (κ2) is 5.13. The molecule has 0 radical (unpaired) electrons. The van der Waals surface area contributed by atoms with Gasteiger partial charge in [-0.1, -0.05) is 12.8 Å². The first-order valence-electron chi connectivity index (χ1n) is 6.68. The molecule has 1 aromatic rings.